The summed E-state index contributed by atoms with van der Waals surface area (Å²) in [7, 11) is 0. The Bertz CT molecular complexity index is 831. The molecule has 4 N–H and O–H groups in total. The van der Waals surface area contributed by atoms with E-state index in [9.17, 15) is 8.78 Å². The van der Waals surface area contributed by atoms with Gasteiger partial charge >= 0.3 is 0 Å². The zero-order valence-corrected chi connectivity index (χ0v) is 15.0. The highest BCUT2D eigenvalue weighted by Gasteiger charge is 2.04. The van der Waals surface area contributed by atoms with Crippen LogP contribution in [0, 0.1) is 5.82 Å². The van der Waals surface area contributed by atoms with Crippen molar-refractivity contribution in [1.82, 2.24) is 15.0 Å². The number of nitrogens with two attached hydrogens (primary N) is 1. The van der Waals surface area contributed by atoms with Gasteiger partial charge in [-0.3, -0.25) is 0 Å². The van der Waals surface area contributed by atoms with E-state index >= 15 is 0 Å². The second-order valence-corrected chi connectivity index (χ2v) is 5.77. The third kappa shape index (κ3) is 7.23. The van der Waals surface area contributed by atoms with Gasteiger partial charge in [0, 0.05) is 13.1 Å². The fraction of sp³-hybridized carbons (Fsp3) is 0.211. The van der Waals surface area contributed by atoms with Crippen LogP contribution >= 0.6 is 0 Å². The number of anilines is 3. The van der Waals surface area contributed by atoms with Gasteiger partial charge in [0.25, 0.3) is 0 Å². The summed E-state index contributed by atoms with van der Waals surface area (Å²) in [6.45, 7) is 6.16. The minimum atomic E-state index is -0.411. The van der Waals surface area contributed by atoms with Crippen LogP contribution in [-0.4, -0.2) is 28.0 Å². The number of hydrogen-bond donors (Lipinski definition) is 3. The van der Waals surface area contributed by atoms with Crippen molar-refractivity contribution in [2.75, 3.05) is 29.5 Å². The van der Waals surface area contributed by atoms with E-state index in [2.05, 4.69) is 32.2 Å². The molecule has 2 aromatic rings. The van der Waals surface area contributed by atoms with Gasteiger partial charge in [-0.25, -0.2) is 8.78 Å². The van der Waals surface area contributed by atoms with Crippen molar-refractivity contribution in [3.05, 3.63) is 71.9 Å². The molecule has 27 heavy (non-hydrogen) atoms. The number of hydrogen-bond acceptors (Lipinski definition) is 6. The molecule has 0 aliphatic carbocycles. The van der Waals surface area contributed by atoms with Crippen LogP contribution in [0.25, 0.3) is 0 Å². The van der Waals surface area contributed by atoms with Crippen molar-refractivity contribution in [1.29, 1.82) is 0 Å². The SMILES string of the molecule is C=C/C(F)=C\C=C(/C)CNc1nc(N)nc(NCCc2ccc(F)cc2)n1. The molecule has 0 aliphatic rings. The van der Waals surface area contributed by atoms with E-state index in [1.165, 1.54) is 18.2 Å². The lowest BCUT2D eigenvalue weighted by atomic mass is 10.1. The first-order chi connectivity index (χ1) is 13.0. The number of nitrogen functional groups attached to an aromatic ring is 1. The summed E-state index contributed by atoms with van der Waals surface area (Å²) in [5.41, 5.74) is 7.58. The van der Waals surface area contributed by atoms with Crippen LogP contribution in [-0.2, 0) is 6.42 Å². The highest BCUT2D eigenvalue weighted by Crippen LogP contribution is 2.09. The number of nitrogens with zero attached hydrogens (tertiary/aromatic N) is 3. The molecule has 0 spiro atoms. The van der Waals surface area contributed by atoms with Gasteiger partial charge in [-0.1, -0.05) is 30.4 Å². The lowest BCUT2D eigenvalue weighted by Crippen LogP contribution is -2.13. The van der Waals surface area contributed by atoms with Crippen molar-refractivity contribution in [3.63, 3.8) is 0 Å². The molecular weight excluding hydrogens is 350 g/mol. The molecule has 6 nitrogen and oxygen atoms in total. The van der Waals surface area contributed by atoms with E-state index in [1.54, 1.807) is 18.2 Å². The zero-order valence-electron chi connectivity index (χ0n) is 15.0. The molecule has 142 valence electrons. The first kappa shape index (κ1) is 20.0. The highest BCUT2D eigenvalue weighted by molar-refractivity contribution is 5.41. The van der Waals surface area contributed by atoms with Crippen LogP contribution in [0.15, 0.2) is 60.5 Å². The predicted octanol–water partition coefficient (Wildman–Crippen LogP) is 3.65. The largest absolute Gasteiger partial charge is 0.368 e. The second kappa shape index (κ2) is 10.0. The maximum absolute atomic E-state index is 13.0. The summed E-state index contributed by atoms with van der Waals surface area (Å²) in [4.78, 5) is 12.3. The zero-order chi connectivity index (χ0) is 19.6. The molecule has 8 heteroatoms. The molecule has 1 aromatic heterocycles. The Morgan fingerprint density at radius 1 is 1.11 bits per heavy atom. The number of benzene rings is 1. The molecule has 1 aromatic carbocycles. The molecule has 0 saturated heterocycles. The van der Waals surface area contributed by atoms with Crippen molar-refractivity contribution in [2.24, 2.45) is 0 Å². The monoisotopic (exact) mass is 372 g/mol. The fourth-order valence-corrected chi connectivity index (χ4v) is 2.09. The Labute approximate surface area is 156 Å². The molecular formula is C19H22F2N6. The molecule has 0 aliphatic heterocycles. The van der Waals surface area contributed by atoms with Gasteiger partial charge in [0.05, 0.1) is 0 Å². The van der Waals surface area contributed by atoms with E-state index < -0.39 is 5.83 Å². The molecule has 0 atom stereocenters. The summed E-state index contributed by atoms with van der Waals surface area (Å²) in [6, 6.07) is 6.30. The van der Waals surface area contributed by atoms with E-state index in [4.69, 9.17) is 5.73 Å². The van der Waals surface area contributed by atoms with E-state index in [-0.39, 0.29) is 11.8 Å². The number of rotatable bonds is 9. The smallest absolute Gasteiger partial charge is 0.229 e. The predicted molar refractivity (Wildman–Crippen MR) is 104 cm³/mol. The number of halogens is 2. The molecule has 2 rings (SSSR count). The number of nitrogens with one attached hydrogen (secondary N) is 2. The van der Waals surface area contributed by atoms with Gasteiger partial charge in [-0.15, -0.1) is 0 Å². The van der Waals surface area contributed by atoms with Crippen LogP contribution in [0.2, 0.25) is 0 Å². The molecule has 0 radical (unpaired) electrons. The van der Waals surface area contributed by atoms with Gasteiger partial charge in [0.1, 0.15) is 11.6 Å². The number of aromatic nitrogens is 3. The summed E-state index contributed by atoms with van der Waals surface area (Å²) >= 11 is 0. The molecule has 0 unspecified atom stereocenters. The van der Waals surface area contributed by atoms with Crippen LogP contribution < -0.4 is 16.4 Å². The maximum Gasteiger partial charge on any atom is 0.229 e. The Kier molecular flexibility index (Phi) is 7.42. The van der Waals surface area contributed by atoms with Gasteiger partial charge in [-0.05, 0) is 43.2 Å². The highest BCUT2D eigenvalue weighted by atomic mass is 19.1. The standard InChI is InChI=1S/C19H22F2N6/c1-3-15(20)7-4-13(2)12-24-19-26-17(22)25-18(27-19)23-11-10-14-5-8-16(21)9-6-14/h3-9H,1,10-12H2,2H3,(H4,22,23,24,25,26,27)/b13-4+,15-7+. The molecule has 0 bridgehead atoms. The van der Waals surface area contributed by atoms with Gasteiger partial charge in [-0.2, -0.15) is 15.0 Å². The lowest BCUT2D eigenvalue weighted by molar-refractivity contribution is 0.627. The Balaban J connectivity index is 1.91. The third-order valence-corrected chi connectivity index (χ3v) is 3.51. The third-order valence-electron chi connectivity index (χ3n) is 3.51. The van der Waals surface area contributed by atoms with Gasteiger partial charge < -0.3 is 16.4 Å². The first-order valence-corrected chi connectivity index (χ1v) is 8.35. The summed E-state index contributed by atoms with van der Waals surface area (Å²) in [6.07, 6.45) is 4.77. The summed E-state index contributed by atoms with van der Waals surface area (Å²) in [5, 5.41) is 6.08. The van der Waals surface area contributed by atoms with E-state index in [0.717, 1.165) is 17.2 Å². The van der Waals surface area contributed by atoms with Gasteiger partial charge in [0.2, 0.25) is 17.8 Å². The quantitative estimate of drug-likeness (QED) is 0.583. The Morgan fingerprint density at radius 2 is 1.78 bits per heavy atom. The van der Waals surface area contributed by atoms with E-state index in [1.807, 2.05) is 6.92 Å². The average Bonchev–Trinajstić information content (AvgIpc) is 2.65. The van der Waals surface area contributed by atoms with Crippen molar-refractivity contribution in [2.45, 2.75) is 13.3 Å². The van der Waals surface area contributed by atoms with Gasteiger partial charge in [0.15, 0.2) is 0 Å². The Morgan fingerprint density at radius 3 is 2.44 bits per heavy atom. The van der Waals surface area contributed by atoms with Crippen LogP contribution in [0.5, 0.6) is 0 Å². The van der Waals surface area contributed by atoms with E-state index in [0.29, 0.717) is 31.4 Å². The molecule has 0 saturated carbocycles. The summed E-state index contributed by atoms with van der Waals surface area (Å²) < 4.78 is 25.9. The van der Waals surface area contributed by atoms with Crippen molar-refractivity contribution in [3.8, 4) is 0 Å². The van der Waals surface area contributed by atoms with Crippen LogP contribution in [0.1, 0.15) is 12.5 Å². The van der Waals surface area contributed by atoms with Crippen LogP contribution in [0.4, 0.5) is 26.6 Å². The average molecular weight is 372 g/mol. The van der Waals surface area contributed by atoms with Crippen molar-refractivity contribution >= 4 is 17.8 Å². The fourth-order valence-electron chi connectivity index (χ4n) is 2.09. The first-order valence-electron chi connectivity index (χ1n) is 8.35. The second-order valence-electron chi connectivity index (χ2n) is 5.77. The molecule has 1 heterocycles. The normalized spacial score (nSPS) is 12.0. The lowest BCUT2D eigenvalue weighted by Gasteiger charge is -2.09. The van der Waals surface area contributed by atoms with Crippen LogP contribution in [0.3, 0.4) is 0 Å². The minimum absolute atomic E-state index is 0.0796. The minimum Gasteiger partial charge on any atom is -0.368 e. The number of allylic oxidation sites excluding steroid dienone is 4. The Hall–Kier alpha value is -3.29. The summed E-state index contributed by atoms with van der Waals surface area (Å²) in [5.74, 6) is 0.0567. The molecule has 0 fully saturated rings. The molecule has 0 amide bonds. The topological polar surface area (TPSA) is 88.8 Å². The van der Waals surface area contributed by atoms with Crippen molar-refractivity contribution < 1.29 is 8.78 Å². The maximum atomic E-state index is 13.0.